The highest BCUT2D eigenvalue weighted by Crippen LogP contribution is 2.39. The van der Waals surface area contributed by atoms with Gasteiger partial charge in [-0.15, -0.1) is 0 Å². The Balaban J connectivity index is 2.16. The monoisotopic (exact) mass is 410 g/mol. The molecule has 1 aliphatic heterocycles. The molecule has 0 unspecified atom stereocenters. The zero-order valence-electron chi connectivity index (χ0n) is 17.8. The largest absolute Gasteiger partial charge is 0.507 e. The molecule has 1 aliphatic rings. The number of benzene rings is 1. The van der Waals surface area contributed by atoms with Crippen LogP contribution in [0.2, 0.25) is 0 Å². The van der Waals surface area contributed by atoms with Crippen molar-refractivity contribution in [1.29, 1.82) is 0 Å². The second kappa shape index (κ2) is 8.62. The van der Waals surface area contributed by atoms with Gasteiger partial charge in [0.1, 0.15) is 17.3 Å². The molecule has 1 aromatic carbocycles. The van der Waals surface area contributed by atoms with Crippen molar-refractivity contribution in [2.75, 3.05) is 34.3 Å². The van der Waals surface area contributed by atoms with Crippen molar-refractivity contribution in [2.24, 2.45) is 0 Å². The van der Waals surface area contributed by atoms with Gasteiger partial charge in [-0.05, 0) is 45.6 Å². The number of rotatable bonds is 6. The number of hydrogen-bond acceptors (Lipinski definition) is 7. The number of aromatic nitrogens is 2. The van der Waals surface area contributed by atoms with Crippen molar-refractivity contribution in [3.8, 4) is 5.75 Å². The molecule has 2 heterocycles. The number of nitrogens with zero attached hydrogens (tertiary/aromatic N) is 4. The lowest BCUT2D eigenvalue weighted by Gasteiger charge is -2.26. The predicted molar refractivity (Wildman–Crippen MR) is 112 cm³/mol. The maximum Gasteiger partial charge on any atom is 0.295 e. The Morgan fingerprint density at radius 1 is 1.20 bits per heavy atom. The van der Waals surface area contributed by atoms with Crippen LogP contribution in [0, 0.1) is 13.8 Å². The van der Waals surface area contributed by atoms with E-state index in [4.69, 9.17) is 4.74 Å². The molecule has 0 spiro atoms. The smallest absolute Gasteiger partial charge is 0.295 e. The van der Waals surface area contributed by atoms with Gasteiger partial charge in [0.2, 0.25) is 0 Å². The van der Waals surface area contributed by atoms with Crippen LogP contribution in [-0.2, 0) is 9.59 Å². The first-order valence-electron chi connectivity index (χ1n) is 9.62. The lowest BCUT2D eigenvalue weighted by atomic mass is 9.95. The number of aliphatic hydroxyl groups is 1. The first kappa shape index (κ1) is 21.4. The highest BCUT2D eigenvalue weighted by molar-refractivity contribution is 6.46. The highest BCUT2D eigenvalue weighted by atomic mass is 16.5. The van der Waals surface area contributed by atoms with E-state index in [-0.39, 0.29) is 11.3 Å². The molecule has 0 aliphatic carbocycles. The quantitative estimate of drug-likeness (QED) is 0.442. The molecule has 1 aromatic heterocycles. The molecule has 158 valence electrons. The van der Waals surface area contributed by atoms with Gasteiger partial charge in [-0.1, -0.05) is 12.1 Å². The molecule has 2 aromatic rings. The van der Waals surface area contributed by atoms with E-state index < -0.39 is 17.7 Å². The number of ketones is 1. The van der Waals surface area contributed by atoms with E-state index in [1.54, 1.807) is 45.2 Å². The Bertz CT molecular complexity index is 999. The SMILES string of the molecule is COc1ccc([C@H]2C(=C(O)c3cnc(C)nc3C)C(=O)C(=O)N2CCN(C)C)cc1. The number of carbonyl (C=O) groups is 2. The van der Waals surface area contributed by atoms with Gasteiger partial charge in [-0.3, -0.25) is 9.59 Å². The van der Waals surface area contributed by atoms with E-state index in [1.165, 1.54) is 11.1 Å². The van der Waals surface area contributed by atoms with Crippen LogP contribution in [0.3, 0.4) is 0 Å². The van der Waals surface area contributed by atoms with Crippen LogP contribution < -0.4 is 4.74 Å². The number of aliphatic hydroxyl groups excluding tert-OH is 1. The fraction of sp³-hybridized carbons (Fsp3) is 0.364. The molecule has 1 atom stereocenters. The van der Waals surface area contributed by atoms with Gasteiger partial charge in [-0.25, -0.2) is 9.97 Å². The van der Waals surface area contributed by atoms with Gasteiger partial charge < -0.3 is 19.6 Å². The zero-order chi connectivity index (χ0) is 22.0. The topological polar surface area (TPSA) is 95.9 Å². The molecule has 0 saturated carbocycles. The molecule has 1 amide bonds. The molecular weight excluding hydrogens is 384 g/mol. The van der Waals surface area contributed by atoms with Crippen LogP contribution in [-0.4, -0.2) is 70.9 Å². The first-order chi connectivity index (χ1) is 14.2. The minimum absolute atomic E-state index is 0.0412. The average Bonchev–Trinajstić information content (AvgIpc) is 2.96. The van der Waals surface area contributed by atoms with Crippen molar-refractivity contribution in [3.05, 3.63) is 58.7 Å². The molecular formula is C22H26N4O4. The molecule has 1 fully saturated rings. The summed E-state index contributed by atoms with van der Waals surface area (Å²) in [6.45, 7) is 4.39. The summed E-state index contributed by atoms with van der Waals surface area (Å²) >= 11 is 0. The zero-order valence-corrected chi connectivity index (χ0v) is 17.8. The Hall–Kier alpha value is -3.26. The van der Waals surface area contributed by atoms with Crippen LogP contribution in [0.5, 0.6) is 5.75 Å². The Morgan fingerprint density at radius 3 is 2.43 bits per heavy atom. The maximum atomic E-state index is 13.0. The number of likely N-dealkylation sites (tertiary alicyclic amines) is 1. The number of carbonyl (C=O) groups excluding carboxylic acids is 2. The third-order valence-electron chi connectivity index (χ3n) is 5.11. The minimum Gasteiger partial charge on any atom is -0.507 e. The minimum atomic E-state index is -0.716. The number of methoxy groups -OCH3 is 1. The molecule has 8 nitrogen and oxygen atoms in total. The highest BCUT2D eigenvalue weighted by Gasteiger charge is 2.46. The number of amides is 1. The van der Waals surface area contributed by atoms with E-state index in [0.29, 0.717) is 41.5 Å². The van der Waals surface area contributed by atoms with E-state index >= 15 is 0 Å². The fourth-order valence-corrected chi connectivity index (χ4v) is 3.51. The van der Waals surface area contributed by atoms with E-state index in [2.05, 4.69) is 9.97 Å². The summed E-state index contributed by atoms with van der Waals surface area (Å²) in [5.74, 6) is -0.398. The second-order valence-corrected chi connectivity index (χ2v) is 7.49. The van der Waals surface area contributed by atoms with Crippen molar-refractivity contribution in [1.82, 2.24) is 19.8 Å². The van der Waals surface area contributed by atoms with E-state index in [9.17, 15) is 14.7 Å². The summed E-state index contributed by atoms with van der Waals surface area (Å²) in [5.41, 5.74) is 1.62. The molecule has 0 radical (unpaired) electrons. The third kappa shape index (κ3) is 4.04. The maximum absolute atomic E-state index is 13.0. The number of aryl methyl sites for hydroxylation is 2. The molecule has 0 bridgehead atoms. The normalized spacial score (nSPS) is 18.3. The van der Waals surface area contributed by atoms with Gasteiger partial charge in [0, 0.05) is 19.3 Å². The molecule has 1 N–H and O–H groups in total. The van der Waals surface area contributed by atoms with Crippen molar-refractivity contribution in [2.45, 2.75) is 19.9 Å². The van der Waals surface area contributed by atoms with Crippen LogP contribution in [0.25, 0.3) is 5.76 Å². The summed E-state index contributed by atoms with van der Waals surface area (Å²) in [4.78, 5) is 37.7. The Labute approximate surface area is 175 Å². The lowest BCUT2D eigenvalue weighted by molar-refractivity contribution is -0.140. The Morgan fingerprint density at radius 2 is 1.87 bits per heavy atom. The molecule has 30 heavy (non-hydrogen) atoms. The van der Waals surface area contributed by atoms with Gasteiger partial charge >= 0.3 is 0 Å². The van der Waals surface area contributed by atoms with Crippen LogP contribution in [0.1, 0.15) is 28.7 Å². The molecule has 8 heteroatoms. The summed E-state index contributed by atoms with van der Waals surface area (Å²) < 4.78 is 5.22. The van der Waals surface area contributed by atoms with Crippen molar-refractivity contribution < 1.29 is 19.4 Å². The van der Waals surface area contributed by atoms with Crippen molar-refractivity contribution in [3.63, 3.8) is 0 Å². The third-order valence-corrected chi connectivity index (χ3v) is 5.11. The Kier molecular flexibility index (Phi) is 6.17. The molecule has 1 saturated heterocycles. The first-order valence-corrected chi connectivity index (χ1v) is 9.62. The van der Waals surface area contributed by atoms with Crippen LogP contribution >= 0.6 is 0 Å². The summed E-state index contributed by atoms with van der Waals surface area (Å²) in [6.07, 6.45) is 1.48. The standard InChI is InChI=1S/C22H26N4O4/c1-13-17(12-23-14(2)24-13)20(27)18-19(15-6-8-16(30-5)9-7-15)26(11-10-25(3)4)22(29)21(18)28/h6-9,12,19,27H,10-11H2,1-5H3/t19-/m0/s1. The number of likely N-dealkylation sites (N-methyl/N-ethyl adjacent to an activating group) is 1. The van der Waals surface area contributed by atoms with Gasteiger partial charge in [0.25, 0.3) is 11.7 Å². The van der Waals surface area contributed by atoms with E-state index in [1.807, 2.05) is 19.0 Å². The van der Waals surface area contributed by atoms with Crippen molar-refractivity contribution >= 4 is 17.4 Å². The number of ether oxygens (including phenoxy) is 1. The summed E-state index contributed by atoms with van der Waals surface area (Å²) in [7, 11) is 5.36. The second-order valence-electron chi connectivity index (χ2n) is 7.49. The summed E-state index contributed by atoms with van der Waals surface area (Å²) in [6, 6.07) is 6.41. The molecule has 3 rings (SSSR count). The number of hydrogen-bond donors (Lipinski definition) is 1. The number of Topliss-reactive ketones (excluding diaryl/α,β-unsaturated/α-hetero) is 1. The fourth-order valence-electron chi connectivity index (χ4n) is 3.51. The van der Waals surface area contributed by atoms with Crippen LogP contribution in [0.4, 0.5) is 0 Å². The van der Waals surface area contributed by atoms with Gasteiger partial charge in [0.15, 0.2) is 0 Å². The van der Waals surface area contributed by atoms with Crippen LogP contribution in [0.15, 0.2) is 36.0 Å². The lowest BCUT2D eigenvalue weighted by Crippen LogP contribution is -2.35. The van der Waals surface area contributed by atoms with Gasteiger partial charge in [-0.2, -0.15) is 0 Å². The van der Waals surface area contributed by atoms with Gasteiger partial charge in [0.05, 0.1) is 30.0 Å². The summed E-state index contributed by atoms with van der Waals surface area (Å²) in [5, 5.41) is 11.1. The predicted octanol–water partition coefficient (Wildman–Crippen LogP) is 2.09. The average molecular weight is 410 g/mol. The van der Waals surface area contributed by atoms with E-state index in [0.717, 1.165) is 0 Å².